The topological polar surface area (TPSA) is 78.9 Å². The second-order valence-electron chi connectivity index (χ2n) is 4.65. The molecule has 0 spiro atoms. The quantitative estimate of drug-likeness (QED) is 0.703. The number of methoxy groups -OCH3 is 1. The first-order valence-corrected chi connectivity index (χ1v) is 6.89. The Balaban J connectivity index is 2.30. The van der Waals surface area contributed by atoms with Crippen LogP contribution in [0.1, 0.15) is 12.5 Å². The molecule has 116 valence electrons. The van der Waals surface area contributed by atoms with Crippen molar-refractivity contribution in [2.45, 2.75) is 13.3 Å². The SMILES string of the molecule is CCN(CC(=O)O)CC(=O)NCCc1ccc(OC)cc1. The van der Waals surface area contributed by atoms with Crippen LogP contribution in [0.3, 0.4) is 0 Å². The van der Waals surface area contributed by atoms with E-state index in [1.54, 1.807) is 12.0 Å². The first-order chi connectivity index (χ1) is 10.0. The minimum absolute atomic E-state index is 0.103. The lowest BCUT2D eigenvalue weighted by molar-refractivity contribution is -0.138. The lowest BCUT2D eigenvalue weighted by Crippen LogP contribution is -2.40. The third-order valence-electron chi connectivity index (χ3n) is 3.07. The van der Waals surface area contributed by atoms with Gasteiger partial charge >= 0.3 is 5.97 Å². The highest BCUT2D eigenvalue weighted by Crippen LogP contribution is 2.11. The van der Waals surface area contributed by atoms with Crippen LogP contribution in [-0.2, 0) is 16.0 Å². The molecule has 6 heteroatoms. The maximum Gasteiger partial charge on any atom is 0.317 e. The van der Waals surface area contributed by atoms with Crippen LogP contribution in [0.5, 0.6) is 5.75 Å². The van der Waals surface area contributed by atoms with Crippen molar-refractivity contribution >= 4 is 11.9 Å². The molecular weight excluding hydrogens is 272 g/mol. The molecule has 2 N–H and O–H groups in total. The van der Waals surface area contributed by atoms with Crippen LogP contribution in [0, 0.1) is 0 Å². The van der Waals surface area contributed by atoms with E-state index >= 15 is 0 Å². The van der Waals surface area contributed by atoms with Gasteiger partial charge in [-0.1, -0.05) is 19.1 Å². The number of carboxylic acids is 1. The van der Waals surface area contributed by atoms with Crippen LogP contribution in [-0.4, -0.2) is 55.2 Å². The van der Waals surface area contributed by atoms with E-state index in [9.17, 15) is 9.59 Å². The number of benzene rings is 1. The van der Waals surface area contributed by atoms with Gasteiger partial charge in [0.2, 0.25) is 5.91 Å². The fraction of sp³-hybridized carbons (Fsp3) is 0.467. The van der Waals surface area contributed by atoms with E-state index < -0.39 is 5.97 Å². The van der Waals surface area contributed by atoms with Gasteiger partial charge in [0, 0.05) is 6.54 Å². The molecule has 0 aliphatic rings. The second kappa shape index (κ2) is 8.97. The van der Waals surface area contributed by atoms with Crippen LogP contribution in [0.25, 0.3) is 0 Å². The summed E-state index contributed by atoms with van der Waals surface area (Å²) >= 11 is 0. The highest BCUT2D eigenvalue weighted by molar-refractivity contribution is 5.79. The predicted octanol–water partition coefficient (Wildman–Crippen LogP) is 0.760. The zero-order chi connectivity index (χ0) is 15.7. The predicted molar refractivity (Wildman–Crippen MR) is 79.5 cm³/mol. The first-order valence-electron chi connectivity index (χ1n) is 6.89. The lowest BCUT2D eigenvalue weighted by Gasteiger charge is -2.17. The number of aliphatic carboxylic acids is 1. The van der Waals surface area contributed by atoms with Crippen LogP contribution in [0.15, 0.2) is 24.3 Å². The van der Waals surface area contributed by atoms with Crippen molar-refractivity contribution in [1.82, 2.24) is 10.2 Å². The number of likely N-dealkylation sites (N-methyl/N-ethyl adjacent to an activating group) is 1. The molecule has 1 rings (SSSR count). The average molecular weight is 294 g/mol. The molecule has 0 aliphatic carbocycles. The van der Waals surface area contributed by atoms with E-state index in [0.29, 0.717) is 13.1 Å². The molecule has 0 heterocycles. The summed E-state index contributed by atoms with van der Waals surface area (Å²) in [4.78, 5) is 23.9. The molecule has 0 fully saturated rings. The smallest absolute Gasteiger partial charge is 0.317 e. The highest BCUT2D eigenvalue weighted by atomic mass is 16.5. The van der Waals surface area contributed by atoms with Crippen molar-refractivity contribution < 1.29 is 19.4 Å². The first kappa shape index (κ1) is 17.0. The summed E-state index contributed by atoms with van der Waals surface area (Å²) < 4.78 is 5.08. The number of nitrogens with zero attached hydrogens (tertiary/aromatic N) is 1. The van der Waals surface area contributed by atoms with Gasteiger partial charge in [-0.05, 0) is 30.7 Å². The van der Waals surface area contributed by atoms with Crippen molar-refractivity contribution in [1.29, 1.82) is 0 Å². The summed E-state index contributed by atoms with van der Waals surface area (Å²) in [5.41, 5.74) is 1.11. The Kier molecular flexibility index (Phi) is 7.25. The molecule has 0 aliphatic heterocycles. The van der Waals surface area contributed by atoms with E-state index in [1.165, 1.54) is 0 Å². The summed E-state index contributed by atoms with van der Waals surface area (Å²) in [6, 6.07) is 7.66. The number of carbonyl (C=O) groups excluding carboxylic acids is 1. The molecule has 6 nitrogen and oxygen atoms in total. The van der Waals surface area contributed by atoms with Gasteiger partial charge in [-0.2, -0.15) is 0 Å². The molecule has 0 aromatic heterocycles. The van der Waals surface area contributed by atoms with Gasteiger partial charge < -0.3 is 15.2 Å². The van der Waals surface area contributed by atoms with Crippen molar-refractivity contribution in [3.05, 3.63) is 29.8 Å². The number of rotatable bonds is 9. The normalized spacial score (nSPS) is 10.4. The number of carbonyl (C=O) groups is 2. The van der Waals surface area contributed by atoms with Crippen LogP contribution in [0.2, 0.25) is 0 Å². The molecule has 21 heavy (non-hydrogen) atoms. The molecule has 0 saturated carbocycles. The summed E-state index contributed by atoms with van der Waals surface area (Å²) in [5.74, 6) is -0.287. The second-order valence-corrected chi connectivity index (χ2v) is 4.65. The molecule has 0 bridgehead atoms. The number of ether oxygens (including phenoxy) is 1. The molecule has 0 atom stereocenters. The largest absolute Gasteiger partial charge is 0.497 e. The van der Waals surface area contributed by atoms with Gasteiger partial charge in [0.15, 0.2) is 0 Å². The Morgan fingerprint density at radius 1 is 1.24 bits per heavy atom. The van der Waals surface area contributed by atoms with E-state index in [4.69, 9.17) is 9.84 Å². The van der Waals surface area contributed by atoms with Gasteiger partial charge in [-0.25, -0.2) is 0 Å². The Hall–Kier alpha value is -2.08. The number of hydrogen-bond donors (Lipinski definition) is 2. The minimum Gasteiger partial charge on any atom is -0.497 e. The molecule has 1 aromatic rings. The van der Waals surface area contributed by atoms with Crippen molar-refractivity contribution in [2.75, 3.05) is 33.3 Å². The minimum atomic E-state index is -0.928. The van der Waals surface area contributed by atoms with Gasteiger partial charge in [-0.15, -0.1) is 0 Å². The van der Waals surface area contributed by atoms with Crippen LogP contribution in [0.4, 0.5) is 0 Å². The Bertz CT molecular complexity index is 459. The molecule has 1 amide bonds. The van der Waals surface area contributed by atoms with E-state index in [1.807, 2.05) is 31.2 Å². The standard InChI is InChI=1S/C15H22N2O4/c1-3-17(11-15(19)20)10-14(18)16-9-8-12-4-6-13(21-2)7-5-12/h4-7H,3,8-11H2,1-2H3,(H,16,18)(H,19,20). The van der Waals surface area contributed by atoms with E-state index in [2.05, 4.69) is 5.32 Å². The van der Waals surface area contributed by atoms with Gasteiger partial charge in [0.05, 0.1) is 20.2 Å². The van der Waals surface area contributed by atoms with E-state index in [0.717, 1.165) is 17.7 Å². The monoisotopic (exact) mass is 294 g/mol. The number of hydrogen-bond acceptors (Lipinski definition) is 4. The summed E-state index contributed by atoms with van der Waals surface area (Å²) in [6.07, 6.45) is 0.723. The molecular formula is C15H22N2O4. The highest BCUT2D eigenvalue weighted by Gasteiger charge is 2.11. The van der Waals surface area contributed by atoms with Crippen molar-refractivity contribution in [3.8, 4) is 5.75 Å². The summed E-state index contributed by atoms with van der Waals surface area (Å²) in [7, 11) is 1.62. The fourth-order valence-electron chi connectivity index (χ4n) is 1.87. The summed E-state index contributed by atoms with van der Waals surface area (Å²) in [5, 5.41) is 11.5. The Morgan fingerprint density at radius 2 is 1.90 bits per heavy atom. The molecule has 1 aromatic carbocycles. The van der Waals surface area contributed by atoms with Crippen molar-refractivity contribution in [2.24, 2.45) is 0 Å². The van der Waals surface area contributed by atoms with Gasteiger partial charge in [0.1, 0.15) is 5.75 Å². The zero-order valence-electron chi connectivity index (χ0n) is 12.5. The van der Waals surface area contributed by atoms with E-state index in [-0.39, 0.29) is 19.0 Å². The number of carboxylic acid groups (broad SMARTS) is 1. The van der Waals surface area contributed by atoms with Crippen molar-refractivity contribution in [3.63, 3.8) is 0 Å². The Morgan fingerprint density at radius 3 is 2.43 bits per heavy atom. The fourth-order valence-corrected chi connectivity index (χ4v) is 1.87. The third kappa shape index (κ3) is 6.76. The zero-order valence-corrected chi connectivity index (χ0v) is 12.5. The van der Waals surface area contributed by atoms with Crippen LogP contribution >= 0.6 is 0 Å². The molecule has 0 unspecified atom stereocenters. The van der Waals surface area contributed by atoms with Crippen LogP contribution < -0.4 is 10.1 Å². The number of nitrogens with one attached hydrogen (secondary N) is 1. The molecule has 0 saturated heterocycles. The maximum absolute atomic E-state index is 11.7. The van der Waals surface area contributed by atoms with Gasteiger partial charge in [0.25, 0.3) is 0 Å². The average Bonchev–Trinajstić information content (AvgIpc) is 2.46. The lowest BCUT2D eigenvalue weighted by atomic mass is 10.1. The number of amides is 1. The third-order valence-corrected chi connectivity index (χ3v) is 3.07. The molecule has 0 radical (unpaired) electrons. The summed E-state index contributed by atoms with van der Waals surface area (Å²) in [6.45, 7) is 2.86. The van der Waals surface area contributed by atoms with Gasteiger partial charge in [-0.3, -0.25) is 14.5 Å². The Labute approximate surface area is 124 Å². The maximum atomic E-state index is 11.7.